The minimum absolute atomic E-state index is 0.0940. The van der Waals surface area contributed by atoms with Crippen molar-refractivity contribution in [3.63, 3.8) is 0 Å². The lowest BCUT2D eigenvalue weighted by molar-refractivity contribution is -0.123. The number of benzene rings is 2. The molecular formula is C20H19F4NO. The van der Waals surface area contributed by atoms with Gasteiger partial charge in [0.15, 0.2) is 23.3 Å². The highest BCUT2D eigenvalue weighted by Crippen LogP contribution is 2.47. The van der Waals surface area contributed by atoms with Crippen LogP contribution in [0.2, 0.25) is 0 Å². The van der Waals surface area contributed by atoms with Crippen LogP contribution in [0.15, 0.2) is 36.4 Å². The van der Waals surface area contributed by atoms with Gasteiger partial charge in [0.05, 0.1) is 0 Å². The maximum absolute atomic E-state index is 13.3. The molecule has 0 spiro atoms. The molecule has 1 aliphatic rings. The van der Waals surface area contributed by atoms with Crippen LogP contribution >= 0.6 is 0 Å². The van der Waals surface area contributed by atoms with Crippen LogP contribution < -0.4 is 5.32 Å². The second-order valence-electron chi connectivity index (χ2n) is 6.82. The second kappa shape index (κ2) is 7.48. The molecule has 0 radical (unpaired) electrons. The molecule has 0 saturated heterocycles. The zero-order valence-corrected chi connectivity index (χ0v) is 14.2. The Hall–Kier alpha value is -2.37. The lowest BCUT2D eigenvalue weighted by Crippen LogP contribution is -2.34. The third-order valence-electron chi connectivity index (χ3n) is 4.74. The fraction of sp³-hybridized carbons (Fsp3) is 0.350. The van der Waals surface area contributed by atoms with Crippen molar-refractivity contribution in [1.29, 1.82) is 0 Å². The van der Waals surface area contributed by atoms with Gasteiger partial charge in [-0.1, -0.05) is 12.1 Å². The van der Waals surface area contributed by atoms with E-state index in [1.807, 2.05) is 6.92 Å². The van der Waals surface area contributed by atoms with Gasteiger partial charge in [-0.05, 0) is 67.5 Å². The molecule has 1 fully saturated rings. The van der Waals surface area contributed by atoms with Gasteiger partial charge in [0.1, 0.15) is 0 Å². The maximum Gasteiger partial charge on any atom is 0.223 e. The van der Waals surface area contributed by atoms with E-state index in [1.165, 1.54) is 12.1 Å². The molecule has 6 heteroatoms. The summed E-state index contributed by atoms with van der Waals surface area (Å²) in [6.45, 7) is 1.84. The van der Waals surface area contributed by atoms with Gasteiger partial charge in [-0.25, -0.2) is 17.6 Å². The number of hydrogen-bond donors (Lipinski definition) is 1. The lowest BCUT2D eigenvalue weighted by atomic mass is 10.1. The average Bonchev–Trinajstić information content (AvgIpc) is 3.39. The molecule has 2 nitrogen and oxygen atoms in total. The molecule has 0 aromatic heterocycles. The Morgan fingerprint density at radius 1 is 1.04 bits per heavy atom. The summed E-state index contributed by atoms with van der Waals surface area (Å²) < 4.78 is 52.4. The second-order valence-corrected chi connectivity index (χ2v) is 6.82. The fourth-order valence-electron chi connectivity index (χ4n) is 3.10. The molecule has 0 bridgehead atoms. The first kappa shape index (κ1) is 18.4. The first-order chi connectivity index (χ1) is 12.3. The molecule has 1 saturated carbocycles. The van der Waals surface area contributed by atoms with Crippen LogP contribution in [0, 0.1) is 29.2 Å². The van der Waals surface area contributed by atoms with Crippen LogP contribution in [0.4, 0.5) is 17.6 Å². The Labute approximate surface area is 149 Å². The Kier molecular flexibility index (Phi) is 5.30. The van der Waals surface area contributed by atoms with E-state index in [9.17, 15) is 22.4 Å². The minimum atomic E-state index is -0.909. The van der Waals surface area contributed by atoms with Gasteiger partial charge in [0.2, 0.25) is 5.91 Å². The molecular weight excluding hydrogens is 346 g/mol. The number of carbonyl (C=O) groups excluding carboxylic acids is 1. The largest absolute Gasteiger partial charge is 0.353 e. The van der Waals surface area contributed by atoms with E-state index in [0.717, 1.165) is 24.3 Å². The van der Waals surface area contributed by atoms with Crippen molar-refractivity contribution in [3.8, 4) is 0 Å². The molecule has 26 heavy (non-hydrogen) atoms. The summed E-state index contributed by atoms with van der Waals surface area (Å²) >= 11 is 0. The van der Waals surface area contributed by atoms with Crippen molar-refractivity contribution in [2.75, 3.05) is 0 Å². The van der Waals surface area contributed by atoms with Gasteiger partial charge in [-0.3, -0.25) is 4.79 Å². The van der Waals surface area contributed by atoms with Gasteiger partial charge in [-0.15, -0.1) is 0 Å². The molecule has 3 atom stereocenters. The number of hydrogen-bond acceptors (Lipinski definition) is 1. The molecule has 1 aliphatic carbocycles. The first-order valence-corrected chi connectivity index (χ1v) is 8.54. The minimum Gasteiger partial charge on any atom is -0.353 e. The normalized spacial score (nSPS) is 19.9. The molecule has 3 rings (SSSR count). The van der Waals surface area contributed by atoms with Gasteiger partial charge in [-0.2, -0.15) is 0 Å². The summed E-state index contributed by atoms with van der Waals surface area (Å²) in [5.74, 6) is -4.04. The van der Waals surface area contributed by atoms with Crippen LogP contribution in [0.5, 0.6) is 0 Å². The van der Waals surface area contributed by atoms with E-state index in [1.54, 1.807) is 0 Å². The number of rotatable bonds is 6. The number of halogens is 4. The predicted molar refractivity (Wildman–Crippen MR) is 89.5 cm³/mol. The zero-order chi connectivity index (χ0) is 18.8. The van der Waals surface area contributed by atoms with E-state index < -0.39 is 23.3 Å². The predicted octanol–water partition coefficient (Wildman–Crippen LogP) is 4.48. The van der Waals surface area contributed by atoms with Gasteiger partial charge in [0, 0.05) is 12.0 Å². The molecule has 2 aromatic carbocycles. The van der Waals surface area contributed by atoms with Crippen LogP contribution in [0.3, 0.4) is 0 Å². The monoisotopic (exact) mass is 365 g/mol. The maximum atomic E-state index is 13.3. The van der Waals surface area contributed by atoms with E-state index in [4.69, 9.17) is 0 Å². The smallest absolute Gasteiger partial charge is 0.223 e. The summed E-state index contributed by atoms with van der Waals surface area (Å²) in [7, 11) is 0. The van der Waals surface area contributed by atoms with Gasteiger partial charge in [0.25, 0.3) is 0 Å². The third-order valence-corrected chi connectivity index (χ3v) is 4.74. The highest BCUT2D eigenvalue weighted by atomic mass is 19.2. The average molecular weight is 365 g/mol. The van der Waals surface area contributed by atoms with E-state index in [2.05, 4.69) is 5.32 Å². The standard InChI is InChI=1S/C20H19F4NO/c1-11(2-3-12-4-6-16(21)18(23)8-12)25-20(26)15-10-14(15)13-5-7-17(22)19(24)9-13/h4-9,11,14-15H,2-3,10H2,1H3,(H,25,26). The Morgan fingerprint density at radius 3 is 2.35 bits per heavy atom. The van der Waals surface area contributed by atoms with E-state index >= 15 is 0 Å². The number of aryl methyl sites for hydroxylation is 1. The Bertz CT molecular complexity index is 823. The van der Waals surface area contributed by atoms with Crippen molar-refractivity contribution in [2.24, 2.45) is 5.92 Å². The van der Waals surface area contributed by atoms with Crippen molar-refractivity contribution < 1.29 is 22.4 Å². The molecule has 138 valence electrons. The Balaban J connectivity index is 1.49. The number of carbonyl (C=O) groups is 1. The molecule has 1 amide bonds. The number of nitrogens with one attached hydrogen (secondary N) is 1. The lowest BCUT2D eigenvalue weighted by Gasteiger charge is -2.14. The van der Waals surface area contributed by atoms with E-state index in [-0.39, 0.29) is 23.8 Å². The number of amides is 1. The van der Waals surface area contributed by atoms with Crippen LogP contribution in [-0.4, -0.2) is 11.9 Å². The van der Waals surface area contributed by atoms with E-state index in [0.29, 0.717) is 30.4 Å². The molecule has 0 heterocycles. The first-order valence-electron chi connectivity index (χ1n) is 8.54. The van der Waals surface area contributed by atoms with Crippen molar-refractivity contribution in [1.82, 2.24) is 5.32 Å². The molecule has 3 unspecified atom stereocenters. The highest BCUT2D eigenvalue weighted by Gasteiger charge is 2.44. The quantitative estimate of drug-likeness (QED) is 0.751. The van der Waals surface area contributed by atoms with Crippen molar-refractivity contribution in [2.45, 2.75) is 38.1 Å². The zero-order valence-electron chi connectivity index (χ0n) is 14.2. The summed E-state index contributed by atoms with van der Waals surface area (Å²) in [4.78, 5) is 12.3. The molecule has 2 aromatic rings. The van der Waals surface area contributed by atoms with Gasteiger partial charge < -0.3 is 5.32 Å². The molecule has 0 aliphatic heterocycles. The van der Waals surface area contributed by atoms with Crippen molar-refractivity contribution >= 4 is 5.91 Å². The SMILES string of the molecule is CC(CCc1ccc(F)c(F)c1)NC(=O)C1CC1c1ccc(F)c(F)c1. The summed E-state index contributed by atoms with van der Waals surface area (Å²) in [6.07, 6.45) is 1.70. The van der Waals surface area contributed by atoms with Crippen molar-refractivity contribution in [3.05, 3.63) is 70.8 Å². The van der Waals surface area contributed by atoms with Crippen LogP contribution in [0.25, 0.3) is 0 Å². The summed E-state index contributed by atoms with van der Waals surface area (Å²) in [6, 6.07) is 7.34. The molecule has 1 N–H and O–H groups in total. The fourth-order valence-corrected chi connectivity index (χ4v) is 3.10. The summed E-state index contributed by atoms with van der Waals surface area (Å²) in [5, 5.41) is 2.89. The topological polar surface area (TPSA) is 29.1 Å². The van der Waals surface area contributed by atoms with Crippen LogP contribution in [0.1, 0.15) is 36.8 Å². The van der Waals surface area contributed by atoms with Crippen LogP contribution in [-0.2, 0) is 11.2 Å². The third kappa shape index (κ3) is 4.23. The Morgan fingerprint density at radius 2 is 1.69 bits per heavy atom. The summed E-state index contributed by atoms with van der Waals surface area (Å²) in [5.41, 5.74) is 1.29. The van der Waals surface area contributed by atoms with Gasteiger partial charge >= 0.3 is 0 Å². The highest BCUT2D eigenvalue weighted by molar-refractivity contribution is 5.83.